The molecule has 4 fully saturated rings. The molecule has 6 unspecified atom stereocenters. The number of carbonyl (C=O) groups is 3. The molecular formula is C50H84O11. The lowest BCUT2D eigenvalue weighted by Gasteiger charge is -2.68. The van der Waals surface area contributed by atoms with Crippen molar-refractivity contribution >= 4 is 17.7 Å². The fourth-order valence-electron chi connectivity index (χ4n) is 12.6. The van der Waals surface area contributed by atoms with Gasteiger partial charge >= 0.3 is 11.9 Å². The van der Waals surface area contributed by atoms with E-state index in [1.165, 1.54) is 84.2 Å². The van der Waals surface area contributed by atoms with Gasteiger partial charge in [-0.05, 0) is 80.6 Å². The van der Waals surface area contributed by atoms with Crippen LogP contribution in [0, 0.1) is 52.3 Å². The zero-order valence-electron chi connectivity index (χ0n) is 39.5. The predicted molar refractivity (Wildman–Crippen MR) is 234 cm³/mol. The smallest absolute Gasteiger partial charge is 0.348 e. The summed E-state index contributed by atoms with van der Waals surface area (Å²) in [6, 6.07) is 0. The predicted octanol–water partition coefficient (Wildman–Crippen LogP) is 9.89. The number of esters is 2. The van der Waals surface area contributed by atoms with Crippen LogP contribution in [0.2, 0.25) is 0 Å². The Morgan fingerprint density at radius 2 is 1.56 bits per heavy atom. The number of ether oxygens (including phenoxy) is 7. The number of unbranched alkanes of at least 4 members (excludes halogenated alkanes) is 12. The fourth-order valence-corrected chi connectivity index (χ4v) is 12.6. The minimum absolute atomic E-state index is 0.0463. The van der Waals surface area contributed by atoms with Crippen molar-refractivity contribution in [3.05, 3.63) is 11.6 Å². The summed E-state index contributed by atoms with van der Waals surface area (Å²) in [4.78, 5) is 41.6. The maximum Gasteiger partial charge on any atom is 0.348 e. The number of hydrogen-bond donors (Lipinski definition) is 1. The Balaban J connectivity index is 1.18. The Morgan fingerprint density at radius 3 is 2.15 bits per heavy atom. The van der Waals surface area contributed by atoms with Gasteiger partial charge in [0.25, 0.3) is 6.48 Å². The van der Waals surface area contributed by atoms with Crippen LogP contribution in [0.1, 0.15) is 171 Å². The van der Waals surface area contributed by atoms with E-state index in [4.69, 9.17) is 33.2 Å². The highest BCUT2D eigenvalue weighted by molar-refractivity contribution is 5.96. The Kier molecular flexibility index (Phi) is 19.2. The second-order valence-electron chi connectivity index (χ2n) is 20.5. The number of fused-ring (bicyclic) bond motifs is 2. The van der Waals surface area contributed by atoms with Crippen LogP contribution in [-0.4, -0.2) is 86.9 Å². The van der Waals surface area contributed by atoms with Crippen molar-refractivity contribution in [3.8, 4) is 0 Å². The van der Waals surface area contributed by atoms with Crippen molar-refractivity contribution < 1.29 is 52.6 Å². The van der Waals surface area contributed by atoms with Crippen molar-refractivity contribution in [3.63, 3.8) is 0 Å². The molecule has 3 aliphatic carbocycles. The molecule has 2 heterocycles. The highest BCUT2D eigenvalue weighted by atomic mass is 16.8. The Labute approximate surface area is 368 Å². The van der Waals surface area contributed by atoms with Gasteiger partial charge in [0.05, 0.1) is 19.8 Å². The summed E-state index contributed by atoms with van der Waals surface area (Å²) in [6.07, 6.45) is 18.2. The van der Waals surface area contributed by atoms with Gasteiger partial charge in [-0.3, -0.25) is 9.59 Å². The molecule has 11 heteroatoms. The van der Waals surface area contributed by atoms with E-state index < -0.39 is 53.5 Å². The molecule has 2 saturated carbocycles. The van der Waals surface area contributed by atoms with E-state index in [0.717, 1.165) is 24.8 Å². The monoisotopic (exact) mass is 861 g/mol. The summed E-state index contributed by atoms with van der Waals surface area (Å²) in [7, 11) is 1.50. The van der Waals surface area contributed by atoms with Gasteiger partial charge in [0.1, 0.15) is 18.3 Å². The van der Waals surface area contributed by atoms with Gasteiger partial charge in [0.2, 0.25) is 6.10 Å². The molecule has 61 heavy (non-hydrogen) atoms. The molecule has 350 valence electrons. The van der Waals surface area contributed by atoms with Crippen LogP contribution >= 0.6 is 0 Å². The second-order valence-corrected chi connectivity index (χ2v) is 20.5. The molecule has 1 N–H and O–H groups in total. The molecule has 0 amide bonds. The number of allylic oxidation sites excluding steroid dienone is 1. The lowest BCUT2D eigenvalue weighted by atomic mass is 9.38. The highest BCUT2D eigenvalue weighted by Crippen LogP contribution is 2.69. The van der Waals surface area contributed by atoms with E-state index in [9.17, 15) is 19.5 Å². The summed E-state index contributed by atoms with van der Waals surface area (Å²) < 4.78 is 43.1. The van der Waals surface area contributed by atoms with E-state index in [1.54, 1.807) is 6.08 Å². The first kappa shape index (κ1) is 50.1. The van der Waals surface area contributed by atoms with Crippen molar-refractivity contribution in [2.24, 2.45) is 52.3 Å². The van der Waals surface area contributed by atoms with Crippen LogP contribution < -0.4 is 0 Å². The van der Waals surface area contributed by atoms with Gasteiger partial charge in [0.15, 0.2) is 12.1 Å². The van der Waals surface area contributed by atoms with E-state index in [1.807, 2.05) is 6.92 Å². The first-order valence-electron chi connectivity index (χ1n) is 24.5. The number of aliphatic hydroxyl groups is 1. The quantitative estimate of drug-likeness (QED) is 0.0506. The Morgan fingerprint density at radius 1 is 0.934 bits per heavy atom. The largest absolute Gasteiger partial charge is 0.459 e. The van der Waals surface area contributed by atoms with Gasteiger partial charge in [-0.15, -0.1) is 0 Å². The SMILES string of the molecule is CCCCCCCCCCCCCCCC1OCC(CO[C@H](OC)O[C@@H]2C(=O)C=C(C)C3C[C@H]4OC(=O)C(OC(=O)CC(C(C)C)C(C)C)C5[C@@H](C)CCC([C@]32C)[C@]54CO)O1. The first-order chi connectivity index (χ1) is 29.2. The van der Waals surface area contributed by atoms with Crippen LogP contribution in [0.3, 0.4) is 0 Å². The molecule has 0 aromatic carbocycles. The molecule has 2 aliphatic heterocycles. The van der Waals surface area contributed by atoms with Crippen molar-refractivity contribution in [1.82, 2.24) is 0 Å². The summed E-state index contributed by atoms with van der Waals surface area (Å²) in [5.41, 5.74) is -0.886. The maximum atomic E-state index is 14.2. The van der Waals surface area contributed by atoms with Crippen LogP contribution in [0.15, 0.2) is 11.6 Å². The summed E-state index contributed by atoms with van der Waals surface area (Å²) in [5.74, 6) is -1.57. The van der Waals surface area contributed by atoms with Gasteiger partial charge in [-0.2, -0.15) is 0 Å². The maximum absolute atomic E-state index is 14.2. The van der Waals surface area contributed by atoms with Crippen LogP contribution in [-0.2, 0) is 47.5 Å². The van der Waals surface area contributed by atoms with Gasteiger partial charge in [-0.25, -0.2) is 4.79 Å². The molecule has 0 bridgehead atoms. The number of ketones is 1. The van der Waals surface area contributed by atoms with Crippen molar-refractivity contribution in [2.45, 2.75) is 208 Å². The minimum Gasteiger partial charge on any atom is -0.459 e. The Bertz CT molecular complexity index is 1420. The summed E-state index contributed by atoms with van der Waals surface area (Å²) in [6.45, 7) is 15.9. The van der Waals surface area contributed by atoms with Crippen molar-refractivity contribution in [1.29, 1.82) is 0 Å². The van der Waals surface area contributed by atoms with Crippen LogP contribution in [0.4, 0.5) is 0 Å². The fraction of sp³-hybridized carbons (Fsp3) is 0.900. The molecule has 5 aliphatic rings. The average molecular weight is 861 g/mol. The zero-order chi connectivity index (χ0) is 44.3. The first-order valence-corrected chi connectivity index (χ1v) is 24.5. The summed E-state index contributed by atoms with van der Waals surface area (Å²) in [5, 5.41) is 11.6. The molecule has 0 aromatic rings. The van der Waals surface area contributed by atoms with Gasteiger partial charge in [-0.1, -0.05) is 131 Å². The number of methoxy groups -OCH3 is 1. The molecule has 0 radical (unpaired) electrons. The normalized spacial score (nSPS) is 34.0. The number of hydrogen-bond acceptors (Lipinski definition) is 11. The van der Waals surface area contributed by atoms with E-state index in [-0.39, 0.29) is 73.3 Å². The number of aliphatic hydroxyl groups excluding tert-OH is 1. The van der Waals surface area contributed by atoms with Gasteiger partial charge in [0, 0.05) is 30.3 Å². The highest BCUT2D eigenvalue weighted by Gasteiger charge is 2.73. The minimum atomic E-state index is -1.16. The van der Waals surface area contributed by atoms with Gasteiger partial charge < -0.3 is 38.3 Å². The molecule has 0 aromatic heterocycles. The van der Waals surface area contributed by atoms with Crippen LogP contribution in [0.5, 0.6) is 0 Å². The number of carbonyl (C=O) groups excluding carboxylic acids is 3. The van der Waals surface area contributed by atoms with E-state index in [2.05, 4.69) is 48.5 Å². The second kappa shape index (κ2) is 23.3. The molecular weight excluding hydrogens is 777 g/mol. The number of rotatable bonds is 26. The van der Waals surface area contributed by atoms with E-state index in [0.29, 0.717) is 19.4 Å². The molecule has 2 saturated heterocycles. The van der Waals surface area contributed by atoms with Crippen molar-refractivity contribution in [2.75, 3.05) is 26.9 Å². The topological polar surface area (TPSA) is 136 Å². The molecule has 12 atom stereocenters. The summed E-state index contributed by atoms with van der Waals surface area (Å²) >= 11 is 0. The third-order valence-electron chi connectivity index (χ3n) is 15.8. The molecule has 0 spiro atoms. The average Bonchev–Trinajstić information content (AvgIpc) is 3.68. The molecule has 11 nitrogen and oxygen atoms in total. The Hall–Kier alpha value is -1.89. The third-order valence-corrected chi connectivity index (χ3v) is 15.8. The van der Waals surface area contributed by atoms with Crippen LogP contribution in [0.25, 0.3) is 0 Å². The third kappa shape index (κ3) is 11.7. The zero-order valence-corrected chi connectivity index (χ0v) is 39.5. The lowest BCUT2D eigenvalue weighted by Crippen LogP contribution is -2.73. The standard InChI is InChI=1S/C50H84O11/c1-10-11-12-13-14-15-16-17-18-19-20-21-22-23-43-56-29-36(58-43)30-57-48(55-9)61-46-39(52)26-35(7)38-28-41-50(31-51)40(49(38,46)8)25-24-34(6)44(50)45(47(54)59-41)60-42(53)27-37(32(2)3)33(4)5/h26,32-34,36-38,40-41,43-46,48,51H,10-25,27-31H2,1-9H3/t34-,36?,38?,40?,41+,43?,44?,45?,46+,48-,49-,50-/m0/s1. The van der Waals surface area contributed by atoms with E-state index >= 15 is 0 Å². The molecule has 5 rings (SSSR count). The lowest BCUT2D eigenvalue weighted by molar-refractivity contribution is -0.331.